The third-order valence-corrected chi connectivity index (χ3v) is 6.59. The number of guanidine groups is 1. The molecule has 31 heavy (non-hydrogen) atoms. The number of benzene rings is 1. The van der Waals surface area contributed by atoms with E-state index < -0.39 is 0 Å². The number of aromatic nitrogens is 3. The standard InChI is InChI=1S/C22H28N6OS.HI/c1-16-8-10-27(13-20(16)28-11-9-24-15-28)22(23-2)25-12-18-14-30-21(26-18)17-4-6-19(29-3)7-5-17;/h4-7,9,11,14-16,20H,8,10,12-13H2,1-3H3,(H,23,25);1H. The molecule has 2 aromatic heterocycles. The Balaban J connectivity index is 0.00000272. The average molecular weight is 552 g/mol. The first-order valence-electron chi connectivity index (χ1n) is 10.2. The number of imidazole rings is 1. The lowest BCUT2D eigenvalue weighted by molar-refractivity contribution is 0.189. The van der Waals surface area contributed by atoms with E-state index in [4.69, 9.17) is 9.72 Å². The SMILES string of the molecule is CN=C(NCc1csc(-c2ccc(OC)cc2)n1)N1CCC(C)C(n2ccnc2)C1.I. The first-order valence-corrected chi connectivity index (χ1v) is 11.1. The summed E-state index contributed by atoms with van der Waals surface area (Å²) >= 11 is 1.65. The highest BCUT2D eigenvalue weighted by atomic mass is 127. The van der Waals surface area contributed by atoms with Crippen molar-refractivity contribution < 1.29 is 4.74 Å². The summed E-state index contributed by atoms with van der Waals surface area (Å²) in [7, 11) is 3.52. The minimum absolute atomic E-state index is 0. The largest absolute Gasteiger partial charge is 0.497 e. The van der Waals surface area contributed by atoms with Gasteiger partial charge in [0.2, 0.25) is 0 Å². The van der Waals surface area contributed by atoms with Crippen LogP contribution in [0.5, 0.6) is 5.75 Å². The molecule has 1 aliphatic rings. The van der Waals surface area contributed by atoms with Crippen molar-refractivity contribution in [2.24, 2.45) is 10.9 Å². The van der Waals surface area contributed by atoms with Crippen LogP contribution in [0, 0.1) is 5.92 Å². The molecule has 0 saturated carbocycles. The summed E-state index contributed by atoms with van der Waals surface area (Å²) in [4.78, 5) is 15.9. The number of ether oxygens (including phenoxy) is 1. The minimum Gasteiger partial charge on any atom is -0.497 e. The fourth-order valence-electron chi connectivity index (χ4n) is 3.85. The third kappa shape index (κ3) is 5.57. The highest BCUT2D eigenvalue weighted by Crippen LogP contribution is 2.28. The molecule has 1 fully saturated rings. The van der Waals surface area contributed by atoms with Crippen LogP contribution in [0.1, 0.15) is 25.1 Å². The van der Waals surface area contributed by atoms with E-state index in [0.717, 1.165) is 47.5 Å². The zero-order valence-corrected chi connectivity index (χ0v) is 21.2. The first-order chi connectivity index (χ1) is 14.7. The van der Waals surface area contributed by atoms with Crippen LogP contribution >= 0.6 is 35.3 Å². The summed E-state index contributed by atoms with van der Waals surface area (Å²) < 4.78 is 7.45. The zero-order valence-electron chi connectivity index (χ0n) is 18.1. The van der Waals surface area contributed by atoms with Gasteiger partial charge in [-0.25, -0.2) is 9.97 Å². The van der Waals surface area contributed by atoms with Crippen molar-refractivity contribution in [3.05, 3.63) is 54.1 Å². The van der Waals surface area contributed by atoms with Gasteiger partial charge in [0.15, 0.2) is 5.96 Å². The molecular weight excluding hydrogens is 523 g/mol. The van der Waals surface area contributed by atoms with E-state index in [2.05, 4.69) is 43.3 Å². The fourth-order valence-corrected chi connectivity index (χ4v) is 4.68. The van der Waals surface area contributed by atoms with E-state index >= 15 is 0 Å². The second-order valence-electron chi connectivity index (χ2n) is 7.56. The van der Waals surface area contributed by atoms with Gasteiger partial charge in [0.25, 0.3) is 0 Å². The number of hydrogen-bond acceptors (Lipinski definition) is 5. The van der Waals surface area contributed by atoms with Crippen LogP contribution in [0.4, 0.5) is 0 Å². The van der Waals surface area contributed by atoms with Gasteiger partial charge in [-0.05, 0) is 36.6 Å². The molecule has 0 radical (unpaired) electrons. The molecule has 1 aliphatic heterocycles. The minimum atomic E-state index is 0. The number of piperidine rings is 1. The Bertz CT molecular complexity index is 972. The molecular formula is C22H29IN6OS. The van der Waals surface area contributed by atoms with E-state index in [0.29, 0.717) is 18.5 Å². The van der Waals surface area contributed by atoms with Gasteiger partial charge in [-0.3, -0.25) is 4.99 Å². The molecule has 3 aromatic rings. The summed E-state index contributed by atoms with van der Waals surface area (Å²) in [5.41, 5.74) is 2.12. The maximum atomic E-state index is 5.23. The van der Waals surface area contributed by atoms with Gasteiger partial charge in [-0.15, -0.1) is 35.3 Å². The summed E-state index contributed by atoms with van der Waals surface area (Å²) in [6.45, 7) is 4.89. The molecule has 0 bridgehead atoms. The number of rotatable bonds is 5. The van der Waals surface area contributed by atoms with Gasteiger partial charge < -0.3 is 19.5 Å². The lowest BCUT2D eigenvalue weighted by atomic mass is 9.93. The van der Waals surface area contributed by atoms with Crippen LogP contribution in [-0.4, -0.2) is 52.6 Å². The topological polar surface area (TPSA) is 67.6 Å². The smallest absolute Gasteiger partial charge is 0.194 e. The van der Waals surface area contributed by atoms with Gasteiger partial charge >= 0.3 is 0 Å². The van der Waals surface area contributed by atoms with E-state index in [9.17, 15) is 0 Å². The number of methoxy groups -OCH3 is 1. The van der Waals surface area contributed by atoms with Crippen molar-refractivity contribution in [3.63, 3.8) is 0 Å². The van der Waals surface area contributed by atoms with Crippen LogP contribution in [-0.2, 0) is 6.54 Å². The zero-order chi connectivity index (χ0) is 20.9. The van der Waals surface area contributed by atoms with Crippen LogP contribution in [0.15, 0.2) is 53.4 Å². The van der Waals surface area contributed by atoms with Gasteiger partial charge in [0.05, 0.1) is 31.7 Å². The highest BCUT2D eigenvalue weighted by molar-refractivity contribution is 14.0. The van der Waals surface area contributed by atoms with E-state index in [-0.39, 0.29) is 24.0 Å². The second-order valence-corrected chi connectivity index (χ2v) is 8.42. The number of halogens is 1. The van der Waals surface area contributed by atoms with E-state index in [1.54, 1.807) is 18.4 Å². The molecule has 9 heteroatoms. The van der Waals surface area contributed by atoms with Crippen LogP contribution in [0.3, 0.4) is 0 Å². The molecule has 0 aliphatic carbocycles. The van der Waals surface area contributed by atoms with Crippen LogP contribution < -0.4 is 10.1 Å². The monoisotopic (exact) mass is 552 g/mol. The normalized spacial score (nSPS) is 19.1. The van der Waals surface area contributed by atoms with E-state index in [1.165, 1.54) is 0 Å². The number of hydrogen-bond donors (Lipinski definition) is 1. The molecule has 0 amide bonds. The number of aliphatic imine (C=N–C) groups is 1. The number of likely N-dealkylation sites (tertiary alicyclic amines) is 1. The molecule has 7 nitrogen and oxygen atoms in total. The summed E-state index contributed by atoms with van der Waals surface area (Å²) in [5, 5.41) is 6.61. The predicted molar refractivity (Wildman–Crippen MR) is 136 cm³/mol. The van der Waals surface area contributed by atoms with Gasteiger partial charge in [0, 0.05) is 43.5 Å². The Morgan fingerprint density at radius 3 is 2.81 bits per heavy atom. The maximum absolute atomic E-state index is 5.23. The van der Waals surface area contributed by atoms with Crippen LogP contribution in [0.2, 0.25) is 0 Å². The summed E-state index contributed by atoms with van der Waals surface area (Å²) in [5.74, 6) is 2.39. The fraction of sp³-hybridized carbons (Fsp3) is 0.409. The van der Waals surface area contributed by atoms with Crippen molar-refractivity contribution in [3.8, 4) is 16.3 Å². The highest BCUT2D eigenvalue weighted by Gasteiger charge is 2.28. The van der Waals surface area contributed by atoms with Crippen molar-refractivity contribution in [1.29, 1.82) is 0 Å². The van der Waals surface area contributed by atoms with Crippen molar-refractivity contribution in [1.82, 2.24) is 24.8 Å². The first kappa shape index (κ1) is 23.5. The molecule has 0 spiro atoms. The molecule has 1 aromatic carbocycles. The predicted octanol–water partition coefficient (Wildman–Crippen LogP) is 4.29. The number of thiazole rings is 1. The van der Waals surface area contributed by atoms with Crippen molar-refractivity contribution in [2.45, 2.75) is 25.9 Å². The number of nitrogens with zero attached hydrogens (tertiary/aromatic N) is 5. The number of nitrogens with one attached hydrogen (secondary N) is 1. The molecule has 4 rings (SSSR count). The van der Waals surface area contributed by atoms with E-state index in [1.807, 2.05) is 43.8 Å². The Labute approximate surface area is 204 Å². The lowest BCUT2D eigenvalue weighted by Gasteiger charge is -2.39. The second kappa shape index (κ2) is 10.9. The van der Waals surface area contributed by atoms with Gasteiger partial charge in [-0.1, -0.05) is 6.92 Å². The quantitative estimate of drug-likeness (QED) is 0.291. The van der Waals surface area contributed by atoms with Crippen molar-refractivity contribution >= 4 is 41.3 Å². The molecule has 1 N–H and O–H groups in total. The summed E-state index contributed by atoms with van der Waals surface area (Å²) in [6.07, 6.45) is 6.94. The average Bonchev–Trinajstić information content (AvgIpc) is 3.48. The summed E-state index contributed by atoms with van der Waals surface area (Å²) in [6, 6.07) is 8.41. The third-order valence-electron chi connectivity index (χ3n) is 5.65. The molecule has 166 valence electrons. The van der Waals surface area contributed by atoms with Gasteiger partial charge in [0.1, 0.15) is 10.8 Å². The Kier molecular flexibility index (Phi) is 8.30. The molecule has 3 heterocycles. The van der Waals surface area contributed by atoms with Crippen LogP contribution in [0.25, 0.3) is 10.6 Å². The Hall–Kier alpha value is -2.14. The Morgan fingerprint density at radius 2 is 2.13 bits per heavy atom. The molecule has 2 unspecified atom stereocenters. The molecule has 1 saturated heterocycles. The van der Waals surface area contributed by atoms with Gasteiger partial charge in [-0.2, -0.15) is 0 Å². The maximum Gasteiger partial charge on any atom is 0.194 e. The molecule has 2 atom stereocenters. The lowest BCUT2D eigenvalue weighted by Crippen LogP contribution is -2.48. The Morgan fingerprint density at radius 1 is 1.32 bits per heavy atom. The van der Waals surface area contributed by atoms with Crippen molar-refractivity contribution in [2.75, 3.05) is 27.2 Å².